The van der Waals surface area contributed by atoms with Crippen molar-refractivity contribution in [3.63, 3.8) is 0 Å². The smallest absolute Gasteiger partial charge is 0.252 e. The maximum Gasteiger partial charge on any atom is 0.252 e. The first-order chi connectivity index (χ1) is 35.0. The molecule has 2 fully saturated rings. The Bertz CT molecular complexity index is 2850. The fourth-order valence-corrected chi connectivity index (χ4v) is 10.7. The quantitative estimate of drug-likeness (QED) is 0.0503. The van der Waals surface area contributed by atoms with Crippen LogP contribution in [0.25, 0.3) is 21.5 Å². The molecule has 1 aliphatic heterocycles. The average Bonchev–Trinajstić information content (AvgIpc) is 4.15. The summed E-state index contributed by atoms with van der Waals surface area (Å²) in [5, 5.41) is 20.2. The van der Waals surface area contributed by atoms with Crippen LogP contribution in [0.15, 0.2) is 76.0 Å². The van der Waals surface area contributed by atoms with Gasteiger partial charge in [-0.05, 0) is 73.1 Å². The zero-order valence-electron chi connectivity index (χ0n) is 42.1. The topological polar surface area (TPSA) is 255 Å². The Morgan fingerprint density at radius 1 is 0.890 bits per heavy atom. The van der Waals surface area contributed by atoms with E-state index in [2.05, 4.69) is 35.6 Å². The van der Waals surface area contributed by atoms with Crippen LogP contribution in [-0.4, -0.2) is 140 Å². The van der Waals surface area contributed by atoms with Gasteiger partial charge in [-0.15, -0.1) is 11.3 Å². The van der Waals surface area contributed by atoms with E-state index < -0.39 is 45.4 Å². The van der Waals surface area contributed by atoms with Crippen molar-refractivity contribution >= 4 is 61.8 Å². The molecule has 394 valence electrons. The van der Waals surface area contributed by atoms with Crippen molar-refractivity contribution in [1.29, 1.82) is 0 Å². The molecule has 1 aliphatic carbocycles. The predicted octanol–water partition coefficient (Wildman–Crippen LogP) is 4.54. The molecule has 0 spiro atoms. The van der Waals surface area contributed by atoms with E-state index in [1.54, 1.807) is 58.8 Å². The number of pyridine rings is 1. The molecule has 7 rings (SSSR count). The number of carbonyl (C=O) groups excluding carboxylic acids is 3. The lowest BCUT2D eigenvalue weighted by Gasteiger charge is -2.35. The third-order valence-corrected chi connectivity index (χ3v) is 15.1. The summed E-state index contributed by atoms with van der Waals surface area (Å²) in [7, 11) is -3.82. The molecular weight excluding hydrogens is 979 g/mol. The number of benzene rings is 2. The molecule has 5 N–H and O–H groups in total. The number of likely N-dealkylation sites (tertiary alicyclic amines) is 1. The fraction of sp³-hybridized carbons (Fsp3) is 0.510. The van der Waals surface area contributed by atoms with Crippen molar-refractivity contribution in [3.05, 3.63) is 93.5 Å². The Hall–Kier alpha value is -5.72. The molecule has 0 radical (unpaired) electrons. The van der Waals surface area contributed by atoms with E-state index in [1.807, 2.05) is 52.0 Å². The van der Waals surface area contributed by atoms with Crippen LogP contribution >= 0.6 is 11.3 Å². The van der Waals surface area contributed by atoms with Crippen LogP contribution in [0.5, 0.6) is 0 Å². The second-order valence-electron chi connectivity index (χ2n) is 19.3. The van der Waals surface area contributed by atoms with Gasteiger partial charge >= 0.3 is 0 Å². The second kappa shape index (κ2) is 25.5. The number of sulfonamides is 1. The minimum absolute atomic E-state index is 0.0350. The Morgan fingerprint density at radius 2 is 1.58 bits per heavy atom. The number of aliphatic hydroxyl groups excluding tert-OH is 1. The Labute approximate surface area is 429 Å². The van der Waals surface area contributed by atoms with E-state index >= 15 is 0 Å². The Kier molecular flexibility index (Phi) is 19.2. The third kappa shape index (κ3) is 15.0. The summed E-state index contributed by atoms with van der Waals surface area (Å²) in [4.78, 5) is 69.1. The zero-order chi connectivity index (χ0) is 52.1. The van der Waals surface area contributed by atoms with Gasteiger partial charge < -0.3 is 44.9 Å². The number of anilines is 2. The molecule has 73 heavy (non-hydrogen) atoms. The van der Waals surface area contributed by atoms with Crippen LogP contribution in [0.4, 0.5) is 11.6 Å². The predicted molar refractivity (Wildman–Crippen MR) is 276 cm³/mol. The number of nitrogens with zero attached hydrogens (tertiary/aromatic N) is 5. The lowest BCUT2D eigenvalue weighted by molar-refractivity contribution is -0.144. The monoisotopic (exact) mass is 1050 g/mol. The summed E-state index contributed by atoms with van der Waals surface area (Å²) >= 11 is 1.56. The van der Waals surface area contributed by atoms with Gasteiger partial charge in [0.05, 0.1) is 73.3 Å². The van der Waals surface area contributed by atoms with Crippen molar-refractivity contribution < 1.29 is 46.9 Å². The highest BCUT2D eigenvalue weighted by Gasteiger charge is 2.44. The molecule has 22 heteroatoms. The van der Waals surface area contributed by atoms with Crippen molar-refractivity contribution in [2.24, 2.45) is 5.41 Å². The van der Waals surface area contributed by atoms with Crippen molar-refractivity contribution in [3.8, 4) is 10.4 Å². The van der Waals surface area contributed by atoms with Crippen LogP contribution in [-0.2, 0) is 49.9 Å². The van der Waals surface area contributed by atoms with E-state index in [0.717, 1.165) is 52.8 Å². The maximum absolute atomic E-state index is 13.9. The summed E-state index contributed by atoms with van der Waals surface area (Å²) in [5.41, 5.74) is 5.73. The number of fused-ring (bicyclic) bond motifs is 1. The first-order valence-corrected chi connectivity index (χ1v) is 27.0. The lowest BCUT2D eigenvalue weighted by atomic mass is 9.85. The molecule has 0 unspecified atom stereocenters. The van der Waals surface area contributed by atoms with Gasteiger partial charge in [-0.25, -0.2) is 23.1 Å². The van der Waals surface area contributed by atoms with E-state index in [-0.39, 0.29) is 101 Å². The lowest BCUT2D eigenvalue weighted by Crippen LogP contribution is -2.58. The molecule has 0 bridgehead atoms. The summed E-state index contributed by atoms with van der Waals surface area (Å²) in [6.07, 6.45) is 4.88. The number of ether oxygens (including phenoxy) is 4. The highest BCUT2D eigenvalue weighted by molar-refractivity contribution is 7.89. The highest BCUT2D eigenvalue weighted by atomic mass is 32.2. The normalized spacial score (nSPS) is 16.8. The molecule has 3 atom stereocenters. The third-order valence-electron chi connectivity index (χ3n) is 12.7. The van der Waals surface area contributed by atoms with Gasteiger partial charge in [0.15, 0.2) is 0 Å². The molecular formula is C51H67N9O11S2. The number of aromatic nitrogens is 4. The van der Waals surface area contributed by atoms with Gasteiger partial charge in [0.1, 0.15) is 24.3 Å². The molecule has 4 heterocycles. The summed E-state index contributed by atoms with van der Waals surface area (Å²) in [6.45, 7) is 10.6. The minimum Gasteiger partial charge on any atom is -0.391 e. The Morgan fingerprint density at radius 3 is 2.23 bits per heavy atom. The Balaban J connectivity index is 0.736. The number of β-amino-alcohol motifs (C(OH)–C–C–N with tert-alkyl or cyclic N) is 1. The first kappa shape index (κ1) is 55.0. The molecule has 1 saturated heterocycles. The van der Waals surface area contributed by atoms with Gasteiger partial charge in [-0.1, -0.05) is 57.9 Å². The minimum atomic E-state index is -3.82. The number of carbonyl (C=O) groups is 3. The summed E-state index contributed by atoms with van der Waals surface area (Å²) in [5.74, 6) is -1.06. The largest absolute Gasteiger partial charge is 0.391 e. The summed E-state index contributed by atoms with van der Waals surface area (Å²) < 4.78 is 52.5. The maximum atomic E-state index is 13.9. The van der Waals surface area contributed by atoms with E-state index in [1.165, 1.54) is 11.0 Å². The number of nitrogens with one attached hydrogen (secondary N) is 4. The highest BCUT2D eigenvalue weighted by Crippen LogP contribution is 2.32. The van der Waals surface area contributed by atoms with Gasteiger partial charge in [0.25, 0.3) is 5.56 Å². The van der Waals surface area contributed by atoms with Gasteiger partial charge in [-0.2, -0.15) is 4.98 Å². The average molecular weight is 1050 g/mol. The molecule has 2 aromatic carbocycles. The number of hydrogen-bond acceptors (Lipinski definition) is 16. The summed E-state index contributed by atoms with van der Waals surface area (Å²) in [6, 6.07) is 14.0. The molecule has 3 amide bonds. The molecule has 20 nitrogen and oxygen atoms in total. The number of thiazole rings is 1. The van der Waals surface area contributed by atoms with Crippen molar-refractivity contribution in [2.75, 3.05) is 71.3 Å². The molecule has 2 aliphatic rings. The van der Waals surface area contributed by atoms with E-state index in [4.69, 9.17) is 18.9 Å². The first-order valence-electron chi connectivity index (χ1n) is 24.6. The molecule has 1 saturated carbocycles. The number of rotatable bonds is 25. The second-order valence-corrected chi connectivity index (χ2v) is 21.9. The van der Waals surface area contributed by atoms with Crippen molar-refractivity contribution in [1.82, 2.24) is 39.8 Å². The van der Waals surface area contributed by atoms with Crippen LogP contribution < -0.4 is 26.2 Å². The zero-order valence-corrected chi connectivity index (χ0v) is 43.7. The van der Waals surface area contributed by atoms with Gasteiger partial charge in [0.2, 0.25) is 33.7 Å². The van der Waals surface area contributed by atoms with E-state index in [0.29, 0.717) is 22.8 Å². The van der Waals surface area contributed by atoms with Crippen molar-refractivity contribution in [2.45, 2.75) is 102 Å². The number of aliphatic hydroxyl groups is 1. The SMILES string of the molecule is Cc1cc(S(=O)(=O)NCCOCCOCCOCCOCC(=O)N[C@H](C(=O)N2C[C@H](O)C[C@H]2C(=O)NCc2ccc(-c3scnc3C)cc2)C(C)(C)C)ccc1Nc1ncc2ccc(=O)n(C3CCCC3)c2n1. The fourth-order valence-electron chi connectivity index (χ4n) is 8.82. The van der Waals surface area contributed by atoms with Crippen LogP contribution in [0.2, 0.25) is 0 Å². The number of aryl methyl sites for hydroxylation is 2. The van der Waals surface area contributed by atoms with E-state index in [9.17, 15) is 32.7 Å². The number of amides is 3. The van der Waals surface area contributed by atoms with Crippen LogP contribution in [0.1, 0.15) is 75.7 Å². The number of hydrogen-bond donors (Lipinski definition) is 5. The molecule has 5 aromatic rings. The van der Waals surface area contributed by atoms with Gasteiger partial charge in [0, 0.05) is 55.4 Å². The van der Waals surface area contributed by atoms with Gasteiger partial charge in [-0.3, -0.25) is 23.7 Å². The standard InChI is InChI=1S/C51H67N9O11S2/c1-33-26-40(15-16-41(33)56-50-53-29-37-14-17-44(63)60(47(37)58-50)38-8-6-7-9-38)73(66,67)55-18-19-68-20-21-69-22-23-70-24-25-71-31-43(62)57-46(51(3,4)5)49(65)59-30-39(61)27-42(59)48(64)52-28-35-10-12-36(13-11-35)45-34(2)54-32-72-45/h10-17,26,29,32,38-39,42,46,55,61H,6-9,18-25,27-28,30-31H2,1-5H3,(H,52,64)(H,57,62)(H,53,56,58)/t39-,42+,46-/m1/s1. The van der Waals surface area contributed by atoms with Crippen LogP contribution in [0, 0.1) is 19.3 Å². The molecule has 3 aromatic heterocycles. The van der Waals surface area contributed by atoms with Crippen LogP contribution in [0.3, 0.4) is 0 Å².